The number of phenols is 1. The monoisotopic (exact) mass is 208 g/mol. The number of phenolic OH excluding ortho intramolecular Hbond substituents is 1. The van der Waals surface area contributed by atoms with Crippen molar-refractivity contribution in [1.82, 2.24) is 0 Å². The lowest BCUT2D eigenvalue weighted by molar-refractivity contribution is 0.146. The molecule has 2 rings (SSSR count). The number of rotatable bonds is 3. The Balaban J connectivity index is 2.56. The van der Waals surface area contributed by atoms with Gasteiger partial charge in [-0.2, -0.15) is 0 Å². The summed E-state index contributed by atoms with van der Waals surface area (Å²) >= 11 is 0. The van der Waals surface area contributed by atoms with Gasteiger partial charge >= 0.3 is 0 Å². The van der Waals surface area contributed by atoms with Gasteiger partial charge in [-0.1, -0.05) is 13.0 Å². The smallest absolute Gasteiger partial charge is 0.164 e. The molecule has 1 aliphatic rings. The average molecular weight is 208 g/mol. The first-order valence-electron chi connectivity index (χ1n) is 5.24. The van der Waals surface area contributed by atoms with Gasteiger partial charge in [0.05, 0.1) is 12.7 Å². The van der Waals surface area contributed by atoms with Gasteiger partial charge in [-0.15, -0.1) is 0 Å². The first kappa shape index (κ1) is 10.3. The zero-order valence-corrected chi connectivity index (χ0v) is 9.08. The third kappa shape index (κ3) is 1.57. The standard InChI is InChI=1S/C12H16O3/c1-3-8-4-5-9(15-2)11(13)10(8)12(14)6-7-12/h4-5,13-14H,3,6-7H2,1-2H3. The molecule has 3 nitrogen and oxygen atoms in total. The van der Waals surface area contributed by atoms with Crippen LogP contribution in [-0.2, 0) is 12.0 Å². The zero-order valence-electron chi connectivity index (χ0n) is 9.08. The van der Waals surface area contributed by atoms with E-state index in [2.05, 4.69) is 0 Å². The maximum Gasteiger partial charge on any atom is 0.164 e. The van der Waals surface area contributed by atoms with Crippen LogP contribution in [0.3, 0.4) is 0 Å². The van der Waals surface area contributed by atoms with Gasteiger partial charge in [0, 0.05) is 5.56 Å². The normalized spacial score (nSPS) is 17.5. The number of aryl methyl sites for hydroxylation is 1. The number of aliphatic hydroxyl groups is 1. The zero-order chi connectivity index (χ0) is 11.1. The predicted molar refractivity (Wildman–Crippen MR) is 57.2 cm³/mol. The van der Waals surface area contributed by atoms with Crippen molar-refractivity contribution in [2.75, 3.05) is 7.11 Å². The van der Waals surface area contributed by atoms with Crippen LogP contribution in [0.2, 0.25) is 0 Å². The Kier molecular flexibility index (Phi) is 2.35. The van der Waals surface area contributed by atoms with E-state index in [0.717, 1.165) is 24.8 Å². The minimum absolute atomic E-state index is 0.0943. The summed E-state index contributed by atoms with van der Waals surface area (Å²) in [6, 6.07) is 3.65. The molecule has 82 valence electrons. The Morgan fingerprint density at radius 3 is 2.53 bits per heavy atom. The van der Waals surface area contributed by atoms with E-state index < -0.39 is 5.60 Å². The molecule has 1 fully saturated rings. The molecule has 1 aromatic carbocycles. The van der Waals surface area contributed by atoms with E-state index in [1.54, 1.807) is 6.07 Å². The number of ether oxygens (including phenoxy) is 1. The molecular weight excluding hydrogens is 192 g/mol. The highest BCUT2D eigenvalue weighted by molar-refractivity contribution is 5.54. The van der Waals surface area contributed by atoms with Gasteiger partial charge in [0.1, 0.15) is 0 Å². The molecule has 1 aliphatic carbocycles. The molecule has 0 aromatic heterocycles. The van der Waals surface area contributed by atoms with E-state index in [1.165, 1.54) is 7.11 Å². The number of aromatic hydroxyl groups is 1. The van der Waals surface area contributed by atoms with Crippen molar-refractivity contribution in [3.05, 3.63) is 23.3 Å². The third-order valence-corrected chi connectivity index (χ3v) is 3.02. The van der Waals surface area contributed by atoms with Crippen molar-refractivity contribution in [3.8, 4) is 11.5 Å². The Hall–Kier alpha value is -1.22. The van der Waals surface area contributed by atoms with E-state index in [9.17, 15) is 10.2 Å². The second-order valence-corrected chi connectivity index (χ2v) is 4.04. The predicted octanol–water partition coefficient (Wildman–Crippen LogP) is 1.94. The summed E-state index contributed by atoms with van der Waals surface area (Å²) in [6.45, 7) is 2.01. The van der Waals surface area contributed by atoms with Gasteiger partial charge in [-0.05, 0) is 30.9 Å². The maximum absolute atomic E-state index is 10.1. The second kappa shape index (κ2) is 3.42. The van der Waals surface area contributed by atoms with Gasteiger partial charge in [-0.25, -0.2) is 0 Å². The van der Waals surface area contributed by atoms with Gasteiger partial charge < -0.3 is 14.9 Å². The van der Waals surface area contributed by atoms with Crippen LogP contribution in [0, 0.1) is 0 Å². The average Bonchev–Trinajstić information content (AvgIpc) is 2.96. The lowest BCUT2D eigenvalue weighted by atomic mass is 9.97. The molecule has 0 radical (unpaired) electrons. The summed E-state index contributed by atoms with van der Waals surface area (Å²) < 4.78 is 5.05. The molecule has 15 heavy (non-hydrogen) atoms. The van der Waals surface area contributed by atoms with Crippen LogP contribution in [0.25, 0.3) is 0 Å². The highest BCUT2D eigenvalue weighted by Crippen LogP contribution is 2.52. The highest BCUT2D eigenvalue weighted by Gasteiger charge is 2.46. The molecule has 0 atom stereocenters. The van der Waals surface area contributed by atoms with Crippen LogP contribution in [0.15, 0.2) is 12.1 Å². The third-order valence-electron chi connectivity index (χ3n) is 3.02. The van der Waals surface area contributed by atoms with E-state index in [4.69, 9.17) is 4.74 Å². The minimum atomic E-state index is -0.816. The summed E-state index contributed by atoms with van der Waals surface area (Å²) in [4.78, 5) is 0. The summed E-state index contributed by atoms with van der Waals surface area (Å²) in [6.07, 6.45) is 2.25. The van der Waals surface area contributed by atoms with Crippen molar-refractivity contribution in [3.63, 3.8) is 0 Å². The summed E-state index contributed by atoms with van der Waals surface area (Å²) in [5, 5.41) is 20.1. The Morgan fingerprint density at radius 1 is 1.40 bits per heavy atom. The topological polar surface area (TPSA) is 49.7 Å². The maximum atomic E-state index is 10.1. The number of hydrogen-bond donors (Lipinski definition) is 2. The fourth-order valence-corrected chi connectivity index (χ4v) is 1.96. The van der Waals surface area contributed by atoms with Crippen LogP contribution in [0.4, 0.5) is 0 Å². The van der Waals surface area contributed by atoms with Crippen molar-refractivity contribution < 1.29 is 14.9 Å². The quantitative estimate of drug-likeness (QED) is 0.798. The first-order chi connectivity index (χ1) is 7.12. The Bertz CT molecular complexity index is 381. The van der Waals surface area contributed by atoms with Gasteiger partial charge in [0.2, 0.25) is 0 Å². The van der Waals surface area contributed by atoms with E-state index >= 15 is 0 Å². The number of hydrogen-bond acceptors (Lipinski definition) is 3. The number of benzene rings is 1. The molecule has 0 bridgehead atoms. The van der Waals surface area contributed by atoms with Crippen LogP contribution in [0.1, 0.15) is 30.9 Å². The molecule has 1 aromatic rings. The molecule has 2 N–H and O–H groups in total. The van der Waals surface area contributed by atoms with Crippen molar-refractivity contribution in [1.29, 1.82) is 0 Å². The molecule has 0 spiro atoms. The SMILES string of the molecule is CCc1ccc(OC)c(O)c1C1(O)CC1. The highest BCUT2D eigenvalue weighted by atomic mass is 16.5. The molecule has 1 saturated carbocycles. The molecule has 3 heteroatoms. The van der Waals surface area contributed by atoms with E-state index in [-0.39, 0.29) is 5.75 Å². The van der Waals surface area contributed by atoms with E-state index in [0.29, 0.717) is 11.3 Å². The molecule has 0 saturated heterocycles. The Labute approximate surface area is 89.3 Å². The molecular formula is C12H16O3. The van der Waals surface area contributed by atoms with Crippen molar-refractivity contribution in [2.45, 2.75) is 31.8 Å². The fourth-order valence-electron chi connectivity index (χ4n) is 1.96. The summed E-state index contributed by atoms with van der Waals surface area (Å²) in [7, 11) is 1.52. The molecule has 0 amide bonds. The van der Waals surface area contributed by atoms with Crippen LogP contribution in [-0.4, -0.2) is 17.3 Å². The molecule has 0 heterocycles. The van der Waals surface area contributed by atoms with Gasteiger partial charge in [0.15, 0.2) is 11.5 Å². The lowest BCUT2D eigenvalue weighted by Crippen LogP contribution is -2.09. The van der Waals surface area contributed by atoms with Crippen LogP contribution >= 0.6 is 0 Å². The Morgan fingerprint density at radius 2 is 2.07 bits per heavy atom. The van der Waals surface area contributed by atoms with Crippen molar-refractivity contribution >= 4 is 0 Å². The van der Waals surface area contributed by atoms with Crippen LogP contribution < -0.4 is 4.74 Å². The second-order valence-electron chi connectivity index (χ2n) is 4.04. The fraction of sp³-hybridized carbons (Fsp3) is 0.500. The van der Waals surface area contributed by atoms with E-state index in [1.807, 2.05) is 13.0 Å². The van der Waals surface area contributed by atoms with Gasteiger partial charge in [-0.3, -0.25) is 0 Å². The largest absolute Gasteiger partial charge is 0.504 e. The summed E-state index contributed by atoms with van der Waals surface area (Å²) in [5.41, 5.74) is 0.835. The van der Waals surface area contributed by atoms with Crippen molar-refractivity contribution in [2.24, 2.45) is 0 Å². The first-order valence-corrected chi connectivity index (χ1v) is 5.24. The van der Waals surface area contributed by atoms with Gasteiger partial charge in [0.25, 0.3) is 0 Å². The summed E-state index contributed by atoms with van der Waals surface area (Å²) in [5.74, 6) is 0.527. The van der Waals surface area contributed by atoms with Crippen LogP contribution in [0.5, 0.6) is 11.5 Å². The molecule has 0 unspecified atom stereocenters. The lowest BCUT2D eigenvalue weighted by Gasteiger charge is -2.17. The number of methoxy groups -OCH3 is 1. The molecule has 0 aliphatic heterocycles. The minimum Gasteiger partial charge on any atom is -0.504 e.